The molecule has 1 aliphatic rings. The minimum atomic E-state index is -0.263. The van der Waals surface area contributed by atoms with Crippen molar-refractivity contribution in [1.82, 2.24) is 25.2 Å². The summed E-state index contributed by atoms with van der Waals surface area (Å²) in [5, 5.41) is 2.86. The molecule has 9 heteroatoms. The van der Waals surface area contributed by atoms with Crippen molar-refractivity contribution in [2.24, 2.45) is 0 Å². The number of carbonyl (C=O) groups excluding carboxylic acids is 2. The van der Waals surface area contributed by atoms with Crippen molar-refractivity contribution < 1.29 is 19.1 Å². The van der Waals surface area contributed by atoms with Crippen LogP contribution < -0.4 is 10.1 Å². The first-order valence-electron chi connectivity index (χ1n) is 9.66. The average Bonchev–Trinajstić information content (AvgIpc) is 3.12. The number of carbonyl (C=O) groups is 2. The Kier molecular flexibility index (Phi) is 6.48. The summed E-state index contributed by atoms with van der Waals surface area (Å²) < 4.78 is 11.0. The SMILES string of the molecule is C=CC(=O)N1C[C@H](Oc2cnc3[nH]cc(C(=O)NC(C)COC)c3n2)CC[C@@H]1C. The van der Waals surface area contributed by atoms with Crippen LogP contribution in [-0.2, 0) is 9.53 Å². The number of likely N-dealkylation sites (tertiary alicyclic amines) is 1. The number of ether oxygens (including phenoxy) is 2. The van der Waals surface area contributed by atoms with Gasteiger partial charge >= 0.3 is 0 Å². The molecule has 156 valence electrons. The summed E-state index contributed by atoms with van der Waals surface area (Å²) in [6.07, 6.45) is 5.85. The van der Waals surface area contributed by atoms with Crippen LogP contribution in [0.2, 0.25) is 0 Å². The lowest BCUT2D eigenvalue weighted by molar-refractivity contribution is -0.131. The molecule has 0 aromatic carbocycles. The highest BCUT2D eigenvalue weighted by molar-refractivity contribution is 6.04. The Morgan fingerprint density at radius 2 is 2.28 bits per heavy atom. The van der Waals surface area contributed by atoms with Crippen LogP contribution in [-0.4, -0.2) is 70.1 Å². The van der Waals surface area contributed by atoms with Crippen LogP contribution in [0.25, 0.3) is 11.2 Å². The Hall–Kier alpha value is -2.94. The van der Waals surface area contributed by atoms with Crippen molar-refractivity contribution in [3.05, 3.63) is 30.6 Å². The van der Waals surface area contributed by atoms with Gasteiger partial charge in [0.05, 0.1) is 24.9 Å². The van der Waals surface area contributed by atoms with E-state index in [-0.39, 0.29) is 30.0 Å². The first kappa shape index (κ1) is 20.8. The number of hydrogen-bond acceptors (Lipinski definition) is 6. The summed E-state index contributed by atoms with van der Waals surface area (Å²) in [5.74, 6) is -0.0507. The number of nitrogens with zero attached hydrogens (tertiary/aromatic N) is 3. The minimum absolute atomic E-state index is 0.109. The molecule has 0 saturated carbocycles. The van der Waals surface area contributed by atoms with Gasteiger partial charge in [0.15, 0.2) is 5.65 Å². The molecule has 3 atom stereocenters. The van der Waals surface area contributed by atoms with Crippen molar-refractivity contribution in [2.75, 3.05) is 20.3 Å². The second kappa shape index (κ2) is 9.04. The number of H-pyrrole nitrogens is 1. The van der Waals surface area contributed by atoms with Crippen LogP contribution in [0.15, 0.2) is 25.0 Å². The molecule has 2 aromatic heterocycles. The van der Waals surface area contributed by atoms with Gasteiger partial charge in [0.1, 0.15) is 11.6 Å². The number of methoxy groups -OCH3 is 1. The fraction of sp³-hybridized carbons (Fsp3) is 0.500. The standard InChI is InChI=1S/C20H27N5O4/c1-5-17(26)25-10-14(7-6-13(25)3)29-16-9-22-19-18(24-16)15(8-21-19)20(27)23-12(2)11-28-4/h5,8-9,12-14H,1,6-7,10-11H2,2-4H3,(H,21,22)(H,23,27)/t12?,13-,14+/m0/s1. The molecule has 2 amide bonds. The molecule has 1 aliphatic heterocycles. The van der Waals surface area contributed by atoms with Crippen molar-refractivity contribution in [1.29, 1.82) is 0 Å². The van der Waals surface area contributed by atoms with Crippen molar-refractivity contribution in [2.45, 2.75) is 44.9 Å². The first-order chi connectivity index (χ1) is 13.9. The number of aromatic amines is 1. The van der Waals surface area contributed by atoms with Gasteiger partial charge in [-0.15, -0.1) is 0 Å². The van der Waals surface area contributed by atoms with E-state index in [4.69, 9.17) is 9.47 Å². The molecule has 0 spiro atoms. The second-order valence-electron chi connectivity index (χ2n) is 7.30. The molecular weight excluding hydrogens is 374 g/mol. The van der Waals surface area contributed by atoms with Gasteiger partial charge in [-0.1, -0.05) is 6.58 Å². The molecule has 0 aliphatic carbocycles. The van der Waals surface area contributed by atoms with Gasteiger partial charge in [-0.25, -0.2) is 9.97 Å². The third kappa shape index (κ3) is 4.73. The smallest absolute Gasteiger partial charge is 0.255 e. The lowest BCUT2D eigenvalue weighted by atomic mass is 10.0. The van der Waals surface area contributed by atoms with Crippen LogP contribution in [0.3, 0.4) is 0 Å². The molecule has 0 radical (unpaired) electrons. The maximum atomic E-state index is 12.5. The summed E-state index contributed by atoms with van der Waals surface area (Å²) in [7, 11) is 1.58. The number of hydrogen-bond donors (Lipinski definition) is 2. The molecule has 1 fully saturated rings. The molecule has 1 unspecified atom stereocenters. The van der Waals surface area contributed by atoms with Crippen LogP contribution >= 0.6 is 0 Å². The van der Waals surface area contributed by atoms with Gasteiger partial charge in [0.25, 0.3) is 5.91 Å². The maximum Gasteiger partial charge on any atom is 0.255 e. The van der Waals surface area contributed by atoms with Crippen LogP contribution in [0.5, 0.6) is 5.88 Å². The van der Waals surface area contributed by atoms with Gasteiger partial charge in [0, 0.05) is 25.4 Å². The van der Waals surface area contributed by atoms with Crippen molar-refractivity contribution in [3.63, 3.8) is 0 Å². The predicted molar refractivity (Wildman–Crippen MR) is 108 cm³/mol. The van der Waals surface area contributed by atoms with E-state index in [0.29, 0.717) is 35.8 Å². The summed E-state index contributed by atoms with van der Waals surface area (Å²) in [6, 6.07) is 0.00503. The molecule has 29 heavy (non-hydrogen) atoms. The number of aromatic nitrogens is 3. The maximum absolute atomic E-state index is 12.5. The zero-order chi connectivity index (χ0) is 21.0. The van der Waals surface area contributed by atoms with E-state index < -0.39 is 0 Å². The normalized spacial score (nSPS) is 20.3. The molecule has 2 N–H and O–H groups in total. The zero-order valence-electron chi connectivity index (χ0n) is 17.0. The lowest BCUT2D eigenvalue weighted by Gasteiger charge is -2.37. The predicted octanol–water partition coefficient (Wildman–Crippen LogP) is 1.67. The summed E-state index contributed by atoms with van der Waals surface area (Å²) in [4.78, 5) is 38.1. The lowest BCUT2D eigenvalue weighted by Crippen LogP contribution is -2.48. The van der Waals surface area contributed by atoms with Gasteiger partial charge in [-0.3, -0.25) is 9.59 Å². The Bertz CT molecular complexity index is 896. The van der Waals surface area contributed by atoms with E-state index in [1.54, 1.807) is 18.2 Å². The van der Waals surface area contributed by atoms with E-state index in [0.717, 1.165) is 12.8 Å². The van der Waals surface area contributed by atoms with E-state index in [1.807, 2.05) is 13.8 Å². The Labute approximate surface area is 169 Å². The second-order valence-corrected chi connectivity index (χ2v) is 7.30. The Morgan fingerprint density at radius 3 is 3.00 bits per heavy atom. The molecular formula is C20H27N5O4. The number of rotatable bonds is 7. The quantitative estimate of drug-likeness (QED) is 0.683. The summed E-state index contributed by atoms with van der Waals surface area (Å²) in [5.41, 5.74) is 1.33. The van der Waals surface area contributed by atoms with E-state index >= 15 is 0 Å². The molecule has 2 aromatic rings. The van der Waals surface area contributed by atoms with Crippen LogP contribution in [0.4, 0.5) is 0 Å². The Balaban J connectivity index is 1.75. The number of nitrogens with one attached hydrogen (secondary N) is 2. The van der Waals surface area contributed by atoms with Gasteiger partial charge < -0.3 is 24.7 Å². The molecule has 1 saturated heterocycles. The van der Waals surface area contributed by atoms with Crippen molar-refractivity contribution in [3.8, 4) is 5.88 Å². The number of amides is 2. The molecule has 0 bridgehead atoms. The van der Waals surface area contributed by atoms with Crippen LogP contribution in [0, 0.1) is 0 Å². The van der Waals surface area contributed by atoms with Gasteiger partial charge in [-0.2, -0.15) is 0 Å². The van der Waals surface area contributed by atoms with E-state index in [9.17, 15) is 9.59 Å². The largest absolute Gasteiger partial charge is 0.471 e. The summed E-state index contributed by atoms with van der Waals surface area (Å²) in [6.45, 7) is 8.30. The number of piperidine rings is 1. The Morgan fingerprint density at radius 1 is 1.48 bits per heavy atom. The fourth-order valence-electron chi connectivity index (χ4n) is 3.46. The highest BCUT2D eigenvalue weighted by Gasteiger charge is 2.29. The first-order valence-corrected chi connectivity index (χ1v) is 9.66. The molecule has 9 nitrogen and oxygen atoms in total. The minimum Gasteiger partial charge on any atom is -0.471 e. The van der Waals surface area contributed by atoms with E-state index in [1.165, 1.54) is 12.3 Å². The zero-order valence-corrected chi connectivity index (χ0v) is 17.0. The third-order valence-electron chi connectivity index (χ3n) is 4.98. The van der Waals surface area contributed by atoms with E-state index in [2.05, 4.69) is 26.8 Å². The van der Waals surface area contributed by atoms with Crippen molar-refractivity contribution >= 4 is 23.0 Å². The van der Waals surface area contributed by atoms with Gasteiger partial charge in [-0.05, 0) is 32.8 Å². The average molecular weight is 401 g/mol. The monoisotopic (exact) mass is 401 g/mol. The van der Waals surface area contributed by atoms with Gasteiger partial charge in [0.2, 0.25) is 11.8 Å². The van der Waals surface area contributed by atoms with Crippen LogP contribution in [0.1, 0.15) is 37.0 Å². The topological polar surface area (TPSA) is 109 Å². The fourth-order valence-corrected chi connectivity index (χ4v) is 3.46. The third-order valence-corrected chi connectivity index (χ3v) is 4.98. The number of fused-ring (bicyclic) bond motifs is 1. The summed E-state index contributed by atoms with van der Waals surface area (Å²) >= 11 is 0. The molecule has 3 heterocycles. The highest BCUT2D eigenvalue weighted by atomic mass is 16.5. The highest BCUT2D eigenvalue weighted by Crippen LogP contribution is 2.23. The molecule has 3 rings (SSSR count).